The van der Waals surface area contributed by atoms with Gasteiger partial charge in [-0.2, -0.15) is 0 Å². The number of benzene rings is 2. The van der Waals surface area contributed by atoms with E-state index < -0.39 is 17.6 Å². The summed E-state index contributed by atoms with van der Waals surface area (Å²) in [7, 11) is -2.06. The summed E-state index contributed by atoms with van der Waals surface area (Å²) >= 11 is 0. The largest absolute Gasteiger partial charge is 0.378 e. The third-order valence-corrected chi connectivity index (χ3v) is 17.4. The molecule has 4 unspecified atom stereocenters. The first-order chi connectivity index (χ1) is 18.5. The van der Waals surface area contributed by atoms with Gasteiger partial charge in [0.2, 0.25) is 0 Å². The van der Waals surface area contributed by atoms with Crippen LogP contribution in [0.25, 0.3) is 0 Å². The lowest BCUT2D eigenvalue weighted by Gasteiger charge is -2.56. The Morgan fingerprint density at radius 3 is 1.63 bits per heavy atom. The zero-order valence-electron chi connectivity index (χ0n) is 23.9. The molecule has 3 nitrogen and oxygen atoms in total. The number of rotatable bonds is 8. The molecule has 3 fully saturated rings. The van der Waals surface area contributed by atoms with Gasteiger partial charge in [-0.15, -0.1) is 0 Å². The maximum absolute atomic E-state index is 7.32. The van der Waals surface area contributed by atoms with E-state index in [1.54, 1.807) is 0 Å². The van der Waals surface area contributed by atoms with Crippen LogP contribution in [-0.2, 0) is 14.2 Å². The second-order valence-corrected chi connectivity index (χ2v) is 20.5. The predicted molar refractivity (Wildman–Crippen MR) is 168 cm³/mol. The van der Waals surface area contributed by atoms with Crippen molar-refractivity contribution >= 4 is 38.2 Å². The molecule has 0 bridgehead atoms. The smallest absolute Gasteiger partial charge is 0.139 e. The van der Waals surface area contributed by atoms with Crippen LogP contribution in [0.1, 0.15) is 57.8 Å². The molecule has 0 amide bonds. The van der Waals surface area contributed by atoms with Gasteiger partial charge in [-0.3, -0.25) is 0 Å². The van der Waals surface area contributed by atoms with E-state index in [0.29, 0.717) is 0 Å². The highest BCUT2D eigenvalue weighted by Crippen LogP contribution is 2.47. The van der Waals surface area contributed by atoms with E-state index in [1.807, 2.05) is 0 Å². The molecule has 206 valence electrons. The average molecular weight is 565 g/mol. The minimum absolute atomic E-state index is 0.0582. The molecular weight excluding hydrogens is 517 g/mol. The topological polar surface area (TPSA) is 27.7 Å². The first-order valence-electron chi connectivity index (χ1n) is 15.2. The Morgan fingerprint density at radius 2 is 1.18 bits per heavy atom. The van der Waals surface area contributed by atoms with E-state index in [0.717, 1.165) is 55.7 Å². The van der Waals surface area contributed by atoms with Crippen LogP contribution in [0.5, 0.6) is 0 Å². The van der Waals surface area contributed by atoms with Gasteiger partial charge in [0, 0.05) is 36.0 Å². The molecule has 3 heterocycles. The average Bonchev–Trinajstić information content (AvgIpc) is 2.96. The van der Waals surface area contributed by atoms with Gasteiger partial charge < -0.3 is 14.2 Å². The van der Waals surface area contributed by atoms with Crippen LogP contribution in [0.2, 0.25) is 13.1 Å². The van der Waals surface area contributed by atoms with Gasteiger partial charge in [0.05, 0.1) is 24.5 Å². The lowest BCUT2D eigenvalue weighted by Crippen LogP contribution is -2.72. The first kappa shape index (κ1) is 28.2. The normalized spacial score (nSPS) is 31.7. The van der Waals surface area contributed by atoms with E-state index in [-0.39, 0.29) is 21.6 Å². The van der Waals surface area contributed by atoms with Crippen molar-refractivity contribution in [2.75, 3.05) is 19.8 Å². The molecule has 2 aromatic carbocycles. The van der Waals surface area contributed by atoms with Crippen molar-refractivity contribution in [2.24, 2.45) is 5.92 Å². The standard InChI is InChI=1S/C32H48O3Si3/c1-37(2)31(21-10-13-25-34-31)29(19-23-30(36)20-9-12-24-33-30)32(22-11-14-26-35-32)38(27-15-5-3-6-16-27)28-17-7-4-8-18-28/h3-8,15-19,23,29,37-38H,9-14,20-22,24-26H2,1-2,36H3. The number of hydrogen-bond donors (Lipinski definition) is 0. The summed E-state index contributed by atoms with van der Waals surface area (Å²) in [6.07, 6.45) is 15.8. The fourth-order valence-corrected chi connectivity index (χ4v) is 15.1. The molecule has 5 rings (SSSR count). The SMILES string of the molecule is C[SiH](C)C1(C(C=CC2([SiH3])CCCCO2)C2([SiH](c3ccccc3)c3ccccc3)CCCCO2)CCCCO1. The highest BCUT2D eigenvalue weighted by Gasteiger charge is 2.58. The molecule has 0 aliphatic carbocycles. The van der Waals surface area contributed by atoms with Crippen molar-refractivity contribution in [2.45, 2.75) is 86.6 Å². The second-order valence-electron chi connectivity index (χ2n) is 12.4. The highest BCUT2D eigenvalue weighted by molar-refractivity contribution is 6.87. The van der Waals surface area contributed by atoms with Crippen molar-refractivity contribution in [1.82, 2.24) is 0 Å². The molecule has 0 N–H and O–H groups in total. The molecule has 3 saturated heterocycles. The fourth-order valence-electron chi connectivity index (χ4n) is 7.56. The quantitative estimate of drug-likeness (QED) is 0.360. The number of ether oxygens (including phenoxy) is 3. The van der Waals surface area contributed by atoms with Crippen LogP contribution in [0.4, 0.5) is 0 Å². The fraction of sp³-hybridized carbons (Fsp3) is 0.562. The molecule has 0 spiro atoms. The molecule has 4 atom stereocenters. The van der Waals surface area contributed by atoms with E-state index >= 15 is 0 Å². The molecule has 0 aromatic heterocycles. The maximum Gasteiger partial charge on any atom is 0.139 e. The summed E-state index contributed by atoms with van der Waals surface area (Å²) in [4.78, 5) is 0. The van der Waals surface area contributed by atoms with E-state index in [1.165, 1.54) is 42.5 Å². The van der Waals surface area contributed by atoms with Crippen molar-refractivity contribution < 1.29 is 14.2 Å². The molecule has 38 heavy (non-hydrogen) atoms. The van der Waals surface area contributed by atoms with Crippen molar-refractivity contribution in [1.29, 1.82) is 0 Å². The van der Waals surface area contributed by atoms with Gasteiger partial charge in [-0.05, 0) is 57.8 Å². The first-order valence-corrected chi connectivity index (χ1v) is 20.8. The van der Waals surface area contributed by atoms with Gasteiger partial charge >= 0.3 is 0 Å². The van der Waals surface area contributed by atoms with Crippen LogP contribution in [0, 0.1) is 5.92 Å². The van der Waals surface area contributed by atoms with Gasteiger partial charge in [0.15, 0.2) is 0 Å². The van der Waals surface area contributed by atoms with Crippen LogP contribution < -0.4 is 10.4 Å². The Morgan fingerprint density at radius 1 is 0.684 bits per heavy atom. The van der Waals surface area contributed by atoms with Crippen LogP contribution in [0.15, 0.2) is 72.8 Å². The molecule has 3 aliphatic rings. The summed E-state index contributed by atoms with van der Waals surface area (Å²) in [6, 6.07) is 22.7. The van der Waals surface area contributed by atoms with E-state index in [9.17, 15) is 0 Å². The summed E-state index contributed by atoms with van der Waals surface area (Å²) in [6.45, 7) is 7.69. The van der Waals surface area contributed by atoms with Crippen LogP contribution in [0.3, 0.4) is 0 Å². The minimum atomic E-state index is -1.84. The Balaban J connectivity index is 1.71. The number of hydrogen-bond acceptors (Lipinski definition) is 3. The lowest BCUT2D eigenvalue weighted by molar-refractivity contribution is -0.127. The third-order valence-electron chi connectivity index (χ3n) is 9.59. The zero-order valence-corrected chi connectivity index (χ0v) is 28.2. The molecule has 0 saturated carbocycles. The van der Waals surface area contributed by atoms with Gasteiger partial charge in [0.1, 0.15) is 8.80 Å². The van der Waals surface area contributed by atoms with Crippen LogP contribution in [-0.4, -0.2) is 63.3 Å². The zero-order chi connectivity index (χ0) is 26.5. The van der Waals surface area contributed by atoms with Crippen LogP contribution >= 0.6 is 0 Å². The van der Waals surface area contributed by atoms with Crippen molar-refractivity contribution in [3.8, 4) is 0 Å². The Kier molecular flexibility index (Phi) is 9.28. The highest BCUT2D eigenvalue weighted by atomic mass is 28.3. The monoisotopic (exact) mass is 564 g/mol. The summed E-state index contributed by atoms with van der Waals surface area (Å²) in [5, 5.41) is 2.61. The molecule has 6 heteroatoms. The Bertz CT molecular complexity index is 985. The lowest BCUT2D eigenvalue weighted by atomic mass is 9.84. The second kappa shape index (κ2) is 12.5. The molecular formula is C32H48O3Si3. The third kappa shape index (κ3) is 5.77. The minimum Gasteiger partial charge on any atom is -0.378 e. The van der Waals surface area contributed by atoms with Gasteiger partial charge in [-0.25, -0.2) is 0 Å². The van der Waals surface area contributed by atoms with Gasteiger partial charge in [-0.1, -0.05) is 96.3 Å². The Hall–Kier alpha value is -1.29. The van der Waals surface area contributed by atoms with Crippen molar-refractivity contribution in [3.05, 3.63) is 72.8 Å². The summed E-state index contributed by atoms with van der Waals surface area (Å²) < 4.78 is 20.9. The predicted octanol–water partition coefficient (Wildman–Crippen LogP) is 3.91. The van der Waals surface area contributed by atoms with Crippen molar-refractivity contribution in [3.63, 3.8) is 0 Å². The molecule has 2 aromatic rings. The van der Waals surface area contributed by atoms with E-state index in [4.69, 9.17) is 14.2 Å². The summed E-state index contributed by atoms with van der Waals surface area (Å²) in [5.74, 6) is 0.246. The molecule has 3 aliphatic heterocycles. The summed E-state index contributed by atoms with van der Waals surface area (Å²) in [5.41, 5.74) is 0. The molecule has 0 radical (unpaired) electrons. The Labute approximate surface area is 237 Å². The maximum atomic E-state index is 7.32. The van der Waals surface area contributed by atoms with Gasteiger partial charge in [0.25, 0.3) is 0 Å². The van der Waals surface area contributed by atoms with E-state index in [2.05, 4.69) is 85.9 Å².